The fourth-order valence-electron chi connectivity index (χ4n) is 1.47. The van der Waals surface area contributed by atoms with Crippen LogP contribution in [0.5, 0.6) is 0 Å². The van der Waals surface area contributed by atoms with Crippen LogP contribution in [0.1, 0.15) is 11.1 Å². The van der Waals surface area contributed by atoms with Crippen LogP contribution in [-0.2, 0) is 5.75 Å². The molecule has 2 rings (SSSR count). The van der Waals surface area contributed by atoms with Crippen molar-refractivity contribution in [1.29, 1.82) is 0 Å². The van der Waals surface area contributed by atoms with Crippen molar-refractivity contribution in [3.8, 4) is 0 Å². The first kappa shape index (κ1) is 11.9. The molecule has 2 N–H and O–H groups in total. The second kappa shape index (κ2) is 5.19. The van der Waals surface area contributed by atoms with Crippen LogP contribution < -0.4 is 5.73 Å². The van der Waals surface area contributed by atoms with Gasteiger partial charge in [-0.2, -0.15) is 0 Å². The van der Waals surface area contributed by atoms with Crippen molar-refractivity contribution in [2.45, 2.75) is 17.6 Å². The Hall–Kier alpha value is -1.55. The van der Waals surface area contributed by atoms with Crippen molar-refractivity contribution in [3.05, 3.63) is 53.6 Å². The molecule has 0 saturated carbocycles. The molecule has 1 heterocycles. The smallest absolute Gasteiger partial charge is 0.141 e. The molecule has 2 aromatic rings. The van der Waals surface area contributed by atoms with Crippen molar-refractivity contribution in [3.63, 3.8) is 0 Å². The van der Waals surface area contributed by atoms with Crippen molar-refractivity contribution < 1.29 is 4.39 Å². The molecule has 0 bridgehead atoms. The van der Waals surface area contributed by atoms with E-state index in [0.29, 0.717) is 5.75 Å². The molecule has 1 aromatic heterocycles. The fraction of sp³-hybridized carbons (Fsp3) is 0.154. The zero-order chi connectivity index (χ0) is 12.3. The summed E-state index contributed by atoms with van der Waals surface area (Å²) in [6, 6.07) is 7.30. The second-order valence-electron chi connectivity index (χ2n) is 3.83. The van der Waals surface area contributed by atoms with Crippen molar-refractivity contribution >= 4 is 17.4 Å². The Kier molecular flexibility index (Phi) is 3.64. The third kappa shape index (κ3) is 3.20. The van der Waals surface area contributed by atoms with Crippen LogP contribution in [0.15, 0.2) is 41.6 Å². The maximum atomic E-state index is 12.9. The van der Waals surface area contributed by atoms with Crippen LogP contribution in [0.3, 0.4) is 0 Å². The lowest BCUT2D eigenvalue weighted by Gasteiger charge is -2.06. The Morgan fingerprint density at radius 2 is 2.12 bits per heavy atom. The zero-order valence-electron chi connectivity index (χ0n) is 9.48. The van der Waals surface area contributed by atoms with Gasteiger partial charge < -0.3 is 5.73 Å². The number of anilines is 1. The van der Waals surface area contributed by atoms with E-state index < -0.39 is 0 Å². The summed E-state index contributed by atoms with van der Waals surface area (Å²) < 4.78 is 12.9. The summed E-state index contributed by atoms with van der Waals surface area (Å²) in [5.74, 6) is 0.391. The van der Waals surface area contributed by atoms with Gasteiger partial charge in [0.05, 0.1) is 6.20 Å². The first-order valence-electron chi connectivity index (χ1n) is 5.23. The predicted octanol–water partition coefficient (Wildman–Crippen LogP) is 3.40. The molecule has 1 aromatic carbocycles. The highest BCUT2D eigenvalue weighted by Crippen LogP contribution is 2.27. The summed E-state index contributed by atoms with van der Waals surface area (Å²) in [6.45, 7) is 2.03. The highest BCUT2D eigenvalue weighted by molar-refractivity contribution is 7.98. The van der Waals surface area contributed by atoms with E-state index in [1.807, 2.05) is 25.1 Å². The largest absolute Gasteiger partial charge is 0.399 e. The minimum absolute atomic E-state index is 0.299. The third-order valence-electron chi connectivity index (χ3n) is 2.37. The molecule has 0 amide bonds. The van der Waals surface area contributed by atoms with Gasteiger partial charge in [0.15, 0.2) is 0 Å². The number of nitrogen functional groups attached to an aromatic ring is 1. The van der Waals surface area contributed by atoms with E-state index >= 15 is 0 Å². The van der Waals surface area contributed by atoms with E-state index in [4.69, 9.17) is 5.73 Å². The van der Waals surface area contributed by atoms with Gasteiger partial charge in [-0.1, -0.05) is 6.07 Å². The lowest BCUT2D eigenvalue weighted by atomic mass is 10.2. The number of thioether (sulfide) groups is 1. The lowest BCUT2D eigenvalue weighted by molar-refractivity contribution is 0.619. The molecule has 0 radical (unpaired) electrons. The van der Waals surface area contributed by atoms with Crippen molar-refractivity contribution in [1.82, 2.24) is 4.98 Å². The van der Waals surface area contributed by atoms with Gasteiger partial charge in [0, 0.05) is 22.5 Å². The Bertz CT molecular complexity index is 529. The van der Waals surface area contributed by atoms with Crippen molar-refractivity contribution in [2.24, 2.45) is 0 Å². The molecule has 0 fully saturated rings. The van der Waals surface area contributed by atoms with Gasteiger partial charge in [-0.25, -0.2) is 4.39 Å². The molecule has 88 valence electrons. The standard InChI is InChI=1S/C13H13FN2S/c1-9-2-3-12(15)5-13(9)17-8-10-4-11(14)7-16-6-10/h2-7H,8,15H2,1H3. The number of hydrogen-bond acceptors (Lipinski definition) is 3. The number of pyridine rings is 1. The molecule has 0 aliphatic carbocycles. The molecule has 0 aliphatic rings. The molecular formula is C13H13FN2S. The number of nitrogens with two attached hydrogens (primary N) is 1. The quantitative estimate of drug-likeness (QED) is 0.668. The van der Waals surface area contributed by atoms with Gasteiger partial charge in [-0.15, -0.1) is 11.8 Å². The van der Waals surface area contributed by atoms with E-state index in [0.717, 1.165) is 16.1 Å². The molecule has 0 aliphatic heterocycles. The Morgan fingerprint density at radius 1 is 1.29 bits per heavy atom. The number of aryl methyl sites for hydroxylation is 1. The topological polar surface area (TPSA) is 38.9 Å². The first-order valence-corrected chi connectivity index (χ1v) is 6.22. The molecular weight excluding hydrogens is 235 g/mol. The number of rotatable bonds is 3. The summed E-state index contributed by atoms with van der Waals surface area (Å²) >= 11 is 1.64. The van der Waals surface area contributed by atoms with Crippen LogP contribution in [0.25, 0.3) is 0 Å². The number of aromatic nitrogens is 1. The summed E-state index contributed by atoms with van der Waals surface area (Å²) in [5.41, 5.74) is 8.53. The maximum absolute atomic E-state index is 12.9. The van der Waals surface area contributed by atoms with Crippen LogP contribution in [0.4, 0.5) is 10.1 Å². The molecule has 0 saturated heterocycles. The summed E-state index contributed by atoms with van der Waals surface area (Å²) in [5, 5.41) is 0. The number of benzene rings is 1. The number of nitrogens with zero attached hydrogens (tertiary/aromatic N) is 1. The van der Waals surface area contributed by atoms with Gasteiger partial charge in [0.1, 0.15) is 5.82 Å². The number of halogens is 1. The minimum Gasteiger partial charge on any atom is -0.399 e. The van der Waals surface area contributed by atoms with Crippen molar-refractivity contribution in [2.75, 3.05) is 5.73 Å². The van der Waals surface area contributed by atoms with E-state index in [2.05, 4.69) is 4.98 Å². The average molecular weight is 248 g/mol. The Morgan fingerprint density at radius 3 is 2.88 bits per heavy atom. The molecule has 4 heteroatoms. The van der Waals surface area contributed by atoms with Gasteiger partial charge >= 0.3 is 0 Å². The van der Waals surface area contributed by atoms with E-state index in [-0.39, 0.29) is 5.82 Å². The molecule has 0 spiro atoms. The van der Waals surface area contributed by atoms with Crippen LogP contribution in [-0.4, -0.2) is 4.98 Å². The van der Waals surface area contributed by atoms with E-state index in [9.17, 15) is 4.39 Å². The second-order valence-corrected chi connectivity index (χ2v) is 4.84. The maximum Gasteiger partial charge on any atom is 0.141 e. The number of hydrogen-bond donors (Lipinski definition) is 1. The highest BCUT2D eigenvalue weighted by atomic mass is 32.2. The van der Waals surface area contributed by atoms with Gasteiger partial charge in [0.2, 0.25) is 0 Å². The third-order valence-corrected chi connectivity index (χ3v) is 3.60. The fourth-order valence-corrected chi connectivity index (χ4v) is 2.46. The van der Waals surface area contributed by atoms with Crippen LogP contribution in [0.2, 0.25) is 0 Å². The predicted molar refractivity (Wildman–Crippen MR) is 69.3 cm³/mol. The first-order chi connectivity index (χ1) is 8.15. The summed E-state index contributed by atoms with van der Waals surface area (Å²) in [4.78, 5) is 4.94. The normalized spacial score (nSPS) is 10.5. The minimum atomic E-state index is -0.299. The lowest BCUT2D eigenvalue weighted by Crippen LogP contribution is -1.89. The van der Waals surface area contributed by atoms with E-state index in [1.54, 1.807) is 18.0 Å². The Balaban J connectivity index is 2.09. The highest BCUT2D eigenvalue weighted by Gasteiger charge is 2.02. The van der Waals surface area contributed by atoms with Crippen LogP contribution >= 0.6 is 11.8 Å². The summed E-state index contributed by atoms with van der Waals surface area (Å²) in [6.07, 6.45) is 2.89. The van der Waals surface area contributed by atoms with E-state index in [1.165, 1.54) is 17.8 Å². The summed E-state index contributed by atoms with van der Waals surface area (Å²) in [7, 11) is 0. The Labute approximate surface area is 104 Å². The monoisotopic (exact) mass is 248 g/mol. The zero-order valence-corrected chi connectivity index (χ0v) is 10.3. The van der Waals surface area contributed by atoms with Crippen LogP contribution in [0, 0.1) is 12.7 Å². The molecule has 0 unspecified atom stereocenters. The average Bonchev–Trinajstić information content (AvgIpc) is 2.30. The van der Waals surface area contributed by atoms with Gasteiger partial charge in [-0.3, -0.25) is 4.98 Å². The van der Waals surface area contributed by atoms with Gasteiger partial charge in [-0.05, 0) is 36.2 Å². The van der Waals surface area contributed by atoms with Gasteiger partial charge in [0.25, 0.3) is 0 Å². The molecule has 17 heavy (non-hydrogen) atoms. The SMILES string of the molecule is Cc1ccc(N)cc1SCc1cncc(F)c1. The molecule has 0 atom stereocenters. The molecule has 2 nitrogen and oxygen atoms in total.